The molecule has 1 aliphatic heterocycles. The lowest BCUT2D eigenvalue weighted by Gasteiger charge is -2.47. The maximum Gasteiger partial charge on any atom is 0.117 e. The molecule has 4 heteroatoms. The average molecular weight is 251 g/mol. The maximum atomic E-state index is 6.10. The highest BCUT2D eigenvalue weighted by Gasteiger charge is 2.37. The standard InChI is InChI=1S/C14H25N3O/c1-3-17(11-13-5-4-10-18-13)14(12-15)6-8-16(2)9-7-14/h4-5,10H,3,6-9,11-12,15H2,1-2H3. The van der Waals surface area contributed by atoms with Gasteiger partial charge in [0.1, 0.15) is 5.76 Å². The summed E-state index contributed by atoms with van der Waals surface area (Å²) in [5, 5.41) is 0. The van der Waals surface area contributed by atoms with Gasteiger partial charge in [-0.2, -0.15) is 0 Å². The molecule has 0 aromatic carbocycles. The first-order valence-electron chi connectivity index (χ1n) is 6.86. The van der Waals surface area contributed by atoms with E-state index in [1.54, 1.807) is 6.26 Å². The molecule has 0 radical (unpaired) electrons. The van der Waals surface area contributed by atoms with Gasteiger partial charge in [-0.15, -0.1) is 0 Å². The summed E-state index contributed by atoms with van der Waals surface area (Å²) in [6.45, 7) is 7.08. The molecule has 2 N–H and O–H groups in total. The van der Waals surface area contributed by atoms with Crippen LogP contribution in [0.2, 0.25) is 0 Å². The lowest BCUT2D eigenvalue weighted by molar-refractivity contribution is 0.0270. The molecule has 1 aromatic heterocycles. The van der Waals surface area contributed by atoms with Crippen LogP contribution in [0, 0.1) is 0 Å². The second-order valence-electron chi connectivity index (χ2n) is 5.33. The summed E-state index contributed by atoms with van der Waals surface area (Å²) in [4.78, 5) is 4.87. The normalized spacial score (nSPS) is 20.4. The molecule has 1 aromatic rings. The highest BCUT2D eigenvalue weighted by atomic mass is 16.3. The summed E-state index contributed by atoms with van der Waals surface area (Å²) >= 11 is 0. The fourth-order valence-corrected chi connectivity index (χ4v) is 2.89. The van der Waals surface area contributed by atoms with Gasteiger partial charge in [-0.25, -0.2) is 0 Å². The van der Waals surface area contributed by atoms with Crippen LogP contribution in [0.3, 0.4) is 0 Å². The van der Waals surface area contributed by atoms with E-state index < -0.39 is 0 Å². The Balaban J connectivity index is 2.08. The minimum Gasteiger partial charge on any atom is -0.468 e. The van der Waals surface area contributed by atoms with Gasteiger partial charge in [0.25, 0.3) is 0 Å². The van der Waals surface area contributed by atoms with Crippen LogP contribution in [0.4, 0.5) is 0 Å². The van der Waals surface area contributed by atoms with E-state index in [2.05, 4.69) is 23.8 Å². The van der Waals surface area contributed by atoms with Crippen LogP contribution < -0.4 is 5.73 Å². The van der Waals surface area contributed by atoms with E-state index in [1.165, 1.54) is 0 Å². The first-order chi connectivity index (χ1) is 8.70. The van der Waals surface area contributed by atoms with Crippen LogP contribution >= 0.6 is 0 Å². The summed E-state index contributed by atoms with van der Waals surface area (Å²) in [7, 11) is 2.18. The van der Waals surface area contributed by atoms with E-state index in [0.717, 1.165) is 51.3 Å². The lowest BCUT2D eigenvalue weighted by Crippen LogP contribution is -2.58. The molecule has 0 atom stereocenters. The molecular formula is C14H25N3O. The van der Waals surface area contributed by atoms with Gasteiger partial charge in [-0.05, 0) is 51.7 Å². The van der Waals surface area contributed by atoms with Crippen molar-refractivity contribution in [2.45, 2.75) is 31.8 Å². The number of hydrogen-bond donors (Lipinski definition) is 1. The molecule has 18 heavy (non-hydrogen) atoms. The monoisotopic (exact) mass is 251 g/mol. The van der Waals surface area contributed by atoms with Gasteiger partial charge in [0.2, 0.25) is 0 Å². The molecule has 0 bridgehead atoms. The number of nitrogens with two attached hydrogens (primary N) is 1. The van der Waals surface area contributed by atoms with Crippen molar-refractivity contribution in [2.24, 2.45) is 5.73 Å². The molecule has 4 nitrogen and oxygen atoms in total. The molecule has 1 aliphatic rings. The fraction of sp³-hybridized carbons (Fsp3) is 0.714. The largest absolute Gasteiger partial charge is 0.468 e. The minimum absolute atomic E-state index is 0.147. The molecule has 0 saturated carbocycles. The Morgan fingerprint density at radius 2 is 2.17 bits per heavy atom. The summed E-state index contributed by atoms with van der Waals surface area (Å²) in [5.41, 5.74) is 6.25. The van der Waals surface area contributed by atoms with Crippen molar-refractivity contribution < 1.29 is 4.42 Å². The molecule has 0 amide bonds. The Bertz CT molecular complexity index is 342. The molecule has 1 fully saturated rings. The van der Waals surface area contributed by atoms with Crippen molar-refractivity contribution >= 4 is 0 Å². The van der Waals surface area contributed by atoms with Gasteiger partial charge in [0.05, 0.1) is 12.8 Å². The van der Waals surface area contributed by atoms with E-state index in [4.69, 9.17) is 10.2 Å². The molecule has 1 saturated heterocycles. The number of nitrogens with zero attached hydrogens (tertiary/aromatic N) is 2. The van der Waals surface area contributed by atoms with Gasteiger partial charge >= 0.3 is 0 Å². The third-order valence-electron chi connectivity index (χ3n) is 4.28. The summed E-state index contributed by atoms with van der Waals surface area (Å²) in [6.07, 6.45) is 4.04. The zero-order valence-corrected chi connectivity index (χ0v) is 11.6. The van der Waals surface area contributed by atoms with Crippen molar-refractivity contribution in [2.75, 3.05) is 33.2 Å². The summed E-state index contributed by atoms with van der Waals surface area (Å²) in [5.74, 6) is 1.03. The molecule has 2 heterocycles. The smallest absolute Gasteiger partial charge is 0.117 e. The van der Waals surface area contributed by atoms with E-state index in [-0.39, 0.29) is 5.54 Å². The molecule has 0 aliphatic carbocycles. The third kappa shape index (κ3) is 2.76. The number of hydrogen-bond acceptors (Lipinski definition) is 4. The Labute approximate surface area is 110 Å². The first-order valence-corrected chi connectivity index (χ1v) is 6.86. The SMILES string of the molecule is CCN(Cc1ccco1)C1(CN)CCN(C)CC1. The Kier molecular flexibility index (Phi) is 4.43. The van der Waals surface area contributed by atoms with Crippen molar-refractivity contribution in [3.8, 4) is 0 Å². The second kappa shape index (κ2) is 5.87. The van der Waals surface area contributed by atoms with Crippen LogP contribution in [0.5, 0.6) is 0 Å². The molecule has 0 spiro atoms. The third-order valence-corrected chi connectivity index (χ3v) is 4.28. The van der Waals surface area contributed by atoms with Crippen LogP contribution in [-0.4, -0.2) is 48.6 Å². The summed E-state index contributed by atoms with van der Waals surface area (Å²) in [6, 6.07) is 3.99. The molecular weight excluding hydrogens is 226 g/mol. The molecule has 102 valence electrons. The van der Waals surface area contributed by atoms with Crippen LogP contribution in [0.25, 0.3) is 0 Å². The topological polar surface area (TPSA) is 45.6 Å². The second-order valence-corrected chi connectivity index (χ2v) is 5.33. The average Bonchev–Trinajstić information content (AvgIpc) is 2.90. The van der Waals surface area contributed by atoms with Crippen LogP contribution in [-0.2, 0) is 6.54 Å². The summed E-state index contributed by atoms with van der Waals surface area (Å²) < 4.78 is 5.47. The number of likely N-dealkylation sites (N-methyl/N-ethyl adjacent to an activating group) is 1. The highest BCUT2D eigenvalue weighted by molar-refractivity contribution is 5.02. The van der Waals surface area contributed by atoms with Gasteiger partial charge in [-0.1, -0.05) is 6.92 Å². The van der Waals surface area contributed by atoms with Gasteiger partial charge in [0.15, 0.2) is 0 Å². The minimum atomic E-state index is 0.147. The van der Waals surface area contributed by atoms with E-state index >= 15 is 0 Å². The maximum absolute atomic E-state index is 6.10. The van der Waals surface area contributed by atoms with Crippen molar-refractivity contribution in [1.29, 1.82) is 0 Å². The predicted octanol–water partition coefficient (Wildman–Crippen LogP) is 1.52. The quantitative estimate of drug-likeness (QED) is 0.862. The zero-order chi connectivity index (χ0) is 13.0. The number of likely N-dealkylation sites (tertiary alicyclic amines) is 1. The van der Waals surface area contributed by atoms with Crippen molar-refractivity contribution in [3.63, 3.8) is 0 Å². The van der Waals surface area contributed by atoms with E-state index in [0.29, 0.717) is 0 Å². The molecule has 0 unspecified atom stereocenters. The lowest BCUT2D eigenvalue weighted by atomic mass is 9.85. The van der Waals surface area contributed by atoms with Crippen LogP contribution in [0.15, 0.2) is 22.8 Å². The first kappa shape index (κ1) is 13.6. The number of furan rings is 1. The fourth-order valence-electron chi connectivity index (χ4n) is 2.89. The van der Waals surface area contributed by atoms with Gasteiger partial charge in [0, 0.05) is 12.1 Å². The molecule has 2 rings (SSSR count). The van der Waals surface area contributed by atoms with Crippen LogP contribution in [0.1, 0.15) is 25.5 Å². The van der Waals surface area contributed by atoms with Gasteiger partial charge in [-0.3, -0.25) is 4.90 Å². The van der Waals surface area contributed by atoms with Crippen molar-refractivity contribution in [1.82, 2.24) is 9.80 Å². The Morgan fingerprint density at radius 3 is 2.67 bits per heavy atom. The number of piperidine rings is 1. The highest BCUT2D eigenvalue weighted by Crippen LogP contribution is 2.29. The number of rotatable bonds is 5. The van der Waals surface area contributed by atoms with E-state index in [1.807, 2.05) is 12.1 Å². The predicted molar refractivity (Wildman–Crippen MR) is 73.3 cm³/mol. The Hall–Kier alpha value is -0.840. The van der Waals surface area contributed by atoms with E-state index in [9.17, 15) is 0 Å². The zero-order valence-electron chi connectivity index (χ0n) is 11.6. The van der Waals surface area contributed by atoms with Crippen molar-refractivity contribution in [3.05, 3.63) is 24.2 Å². The van der Waals surface area contributed by atoms with Gasteiger partial charge < -0.3 is 15.1 Å². The Morgan fingerprint density at radius 1 is 1.44 bits per heavy atom.